The molecule has 1 rings (SSSR count). The van der Waals surface area contributed by atoms with Crippen LogP contribution in [-0.2, 0) is 10.1 Å². The van der Waals surface area contributed by atoms with Crippen LogP contribution in [-0.4, -0.2) is 19.6 Å². The fraction of sp³-hybridized carbons (Fsp3) is 0.400. The Labute approximate surface area is 104 Å². The first-order chi connectivity index (χ1) is 7.92. The number of benzene rings is 1. The monoisotopic (exact) mass is 316 g/mol. The van der Waals surface area contributed by atoms with Crippen LogP contribution in [0.15, 0.2) is 18.2 Å². The molecule has 96 valence electrons. The highest BCUT2D eigenvalue weighted by molar-refractivity contribution is 9.08. The average Bonchev–Trinajstić information content (AvgIpc) is 2.24. The van der Waals surface area contributed by atoms with E-state index in [1.807, 2.05) is 0 Å². The van der Waals surface area contributed by atoms with Crippen molar-refractivity contribution in [2.45, 2.75) is 11.7 Å². The summed E-state index contributed by atoms with van der Waals surface area (Å²) in [4.78, 5) is 0. The van der Waals surface area contributed by atoms with Gasteiger partial charge in [-0.15, -0.1) is 13.2 Å². The third-order valence-corrected chi connectivity index (χ3v) is 2.38. The molecular weight excluding hydrogens is 308 g/mol. The maximum absolute atomic E-state index is 12.8. The van der Waals surface area contributed by atoms with Gasteiger partial charge in [0.15, 0.2) is 0 Å². The molecule has 0 fully saturated rings. The van der Waals surface area contributed by atoms with Crippen molar-refractivity contribution < 1.29 is 27.0 Å². The number of ether oxygens (including phenoxy) is 2. The summed E-state index contributed by atoms with van der Waals surface area (Å²) in [6.45, 7) is -0.867. The van der Waals surface area contributed by atoms with E-state index in [9.17, 15) is 17.6 Å². The first-order valence-corrected chi connectivity index (χ1v) is 5.72. The van der Waals surface area contributed by atoms with Gasteiger partial charge in [0.2, 0.25) is 0 Å². The number of halogens is 5. The molecule has 1 aromatic rings. The summed E-state index contributed by atoms with van der Waals surface area (Å²) in [6.07, 6.45) is -4.66. The lowest BCUT2D eigenvalue weighted by Gasteiger charge is -2.11. The van der Waals surface area contributed by atoms with Gasteiger partial charge in [0.05, 0.1) is 6.61 Å². The van der Waals surface area contributed by atoms with Crippen molar-refractivity contribution in [3.63, 3.8) is 0 Å². The molecule has 0 aromatic heterocycles. The highest BCUT2D eigenvalue weighted by Crippen LogP contribution is 2.22. The van der Waals surface area contributed by atoms with Gasteiger partial charge >= 0.3 is 6.36 Å². The second-order valence-electron chi connectivity index (χ2n) is 3.03. The van der Waals surface area contributed by atoms with Crippen molar-refractivity contribution >= 4 is 15.9 Å². The van der Waals surface area contributed by atoms with E-state index in [-0.39, 0.29) is 6.61 Å². The van der Waals surface area contributed by atoms with Crippen LogP contribution in [0.3, 0.4) is 0 Å². The Bertz CT molecular complexity index is 368. The summed E-state index contributed by atoms with van der Waals surface area (Å²) in [7, 11) is 0. The Hall–Kier alpha value is -0.820. The summed E-state index contributed by atoms with van der Waals surface area (Å²) in [5.74, 6) is -0.104. The van der Waals surface area contributed by atoms with Gasteiger partial charge in [-0.2, -0.15) is 0 Å². The summed E-state index contributed by atoms with van der Waals surface area (Å²) >= 11 is 3.13. The predicted octanol–water partition coefficient (Wildman–Crippen LogP) is 3.64. The highest BCUT2D eigenvalue weighted by atomic mass is 79.9. The van der Waals surface area contributed by atoms with Crippen LogP contribution in [0.2, 0.25) is 0 Å². The van der Waals surface area contributed by atoms with Crippen LogP contribution in [0.5, 0.6) is 5.75 Å². The third kappa shape index (κ3) is 5.36. The number of rotatable bonds is 5. The zero-order valence-corrected chi connectivity index (χ0v) is 10.1. The van der Waals surface area contributed by atoms with Gasteiger partial charge in [-0.3, -0.25) is 4.74 Å². The second-order valence-corrected chi connectivity index (χ2v) is 3.59. The lowest BCUT2D eigenvalue weighted by Crippen LogP contribution is -2.18. The maximum atomic E-state index is 12.8. The molecule has 0 aliphatic carbocycles. The van der Waals surface area contributed by atoms with Gasteiger partial charge in [0.1, 0.15) is 18.2 Å². The fourth-order valence-electron chi connectivity index (χ4n) is 1.10. The SMILES string of the molecule is Fc1ccc(OCCOC(F)(F)F)c(CBr)c1. The zero-order valence-electron chi connectivity index (χ0n) is 8.56. The molecule has 0 spiro atoms. The molecular formula is C10H9BrF4O2. The number of alkyl halides is 4. The Morgan fingerprint density at radius 2 is 1.88 bits per heavy atom. The molecule has 1 aromatic carbocycles. The van der Waals surface area contributed by atoms with E-state index in [0.29, 0.717) is 16.6 Å². The van der Waals surface area contributed by atoms with E-state index in [1.165, 1.54) is 18.2 Å². The van der Waals surface area contributed by atoms with Gasteiger partial charge in [-0.05, 0) is 18.2 Å². The van der Waals surface area contributed by atoms with Gasteiger partial charge in [-0.1, -0.05) is 15.9 Å². The lowest BCUT2D eigenvalue weighted by molar-refractivity contribution is -0.325. The molecule has 0 heterocycles. The number of hydrogen-bond donors (Lipinski definition) is 0. The Balaban J connectivity index is 2.46. The summed E-state index contributed by atoms with van der Waals surface area (Å²) < 4.78 is 56.4. The smallest absolute Gasteiger partial charge is 0.491 e. The standard InChI is InChI=1S/C10H9BrF4O2/c11-6-7-5-8(12)1-2-9(7)16-3-4-17-10(13,14)15/h1-2,5H,3-4,6H2. The minimum absolute atomic E-state index is 0.259. The van der Waals surface area contributed by atoms with E-state index in [4.69, 9.17) is 4.74 Å². The van der Waals surface area contributed by atoms with Crippen LogP contribution in [0.1, 0.15) is 5.56 Å². The fourth-order valence-corrected chi connectivity index (χ4v) is 1.54. The maximum Gasteiger partial charge on any atom is 0.522 e. The summed E-state index contributed by atoms with van der Waals surface area (Å²) in [5.41, 5.74) is 0.525. The molecule has 0 bridgehead atoms. The Morgan fingerprint density at radius 3 is 2.47 bits per heavy atom. The summed E-state index contributed by atoms with van der Waals surface area (Å²) in [5, 5.41) is 0.347. The van der Waals surface area contributed by atoms with Crippen LogP contribution in [0.25, 0.3) is 0 Å². The average molecular weight is 317 g/mol. The topological polar surface area (TPSA) is 18.5 Å². The predicted molar refractivity (Wildman–Crippen MR) is 56.5 cm³/mol. The van der Waals surface area contributed by atoms with E-state index in [1.54, 1.807) is 0 Å². The van der Waals surface area contributed by atoms with Crippen molar-refractivity contribution in [3.8, 4) is 5.75 Å². The van der Waals surface area contributed by atoms with Gasteiger partial charge in [0, 0.05) is 10.9 Å². The van der Waals surface area contributed by atoms with Gasteiger partial charge in [0.25, 0.3) is 0 Å². The van der Waals surface area contributed by atoms with Crippen LogP contribution < -0.4 is 4.74 Å². The molecule has 2 nitrogen and oxygen atoms in total. The minimum Gasteiger partial charge on any atom is -0.491 e. The second kappa shape index (κ2) is 6.20. The van der Waals surface area contributed by atoms with Crippen LogP contribution >= 0.6 is 15.9 Å². The summed E-state index contributed by atoms with van der Waals surface area (Å²) in [6, 6.07) is 3.78. The normalized spacial score (nSPS) is 11.6. The molecule has 0 N–H and O–H groups in total. The Morgan fingerprint density at radius 1 is 1.18 bits per heavy atom. The van der Waals surface area contributed by atoms with Crippen molar-refractivity contribution in [2.24, 2.45) is 0 Å². The lowest BCUT2D eigenvalue weighted by atomic mass is 10.2. The van der Waals surface area contributed by atoms with E-state index in [0.717, 1.165) is 0 Å². The van der Waals surface area contributed by atoms with Crippen molar-refractivity contribution in [1.82, 2.24) is 0 Å². The highest BCUT2D eigenvalue weighted by Gasteiger charge is 2.28. The van der Waals surface area contributed by atoms with Crippen molar-refractivity contribution in [2.75, 3.05) is 13.2 Å². The van der Waals surface area contributed by atoms with Gasteiger partial charge in [-0.25, -0.2) is 4.39 Å². The minimum atomic E-state index is -4.66. The third-order valence-electron chi connectivity index (χ3n) is 1.77. The molecule has 0 saturated carbocycles. The molecule has 0 saturated heterocycles. The molecule has 0 aliphatic heterocycles. The van der Waals surface area contributed by atoms with Crippen LogP contribution in [0, 0.1) is 5.82 Å². The number of hydrogen-bond acceptors (Lipinski definition) is 2. The molecule has 0 amide bonds. The molecule has 0 aliphatic rings. The van der Waals surface area contributed by atoms with E-state index >= 15 is 0 Å². The van der Waals surface area contributed by atoms with Crippen molar-refractivity contribution in [1.29, 1.82) is 0 Å². The Kier molecular flexibility index (Phi) is 5.20. The molecule has 7 heteroatoms. The zero-order chi connectivity index (χ0) is 12.9. The molecule has 17 heavy (non-hydrogen) atoms. The molecule has 0 unspecified atom stereocenters. The van der Waals surface area contributed by atoms with Crippen molar-refractivity contribution in [3.05, 3.63) is 29.6 Å². The van der Waals surface area contributed by atoms with Gasteiger partial charge < -0.3 is 4.74 Å². The van der Waals surface area contributed by atoms with E-state index in [2.05, 4.69) is 20.7 Å². The first-order valence-electron chi connectivity index (χ1n) is 4.60. The molecule has 0 atom stereocenters. The van der Waals surface area contributed by atoms with E-state index < -0.39 is 18.8 Å². The molecule has 0 radical (unpaired) electrons. The largest absolute Gasteiger partial charge is 0.522 e. The quantitative estimate of drug-likeness (QED) is 0.469. The van der Waals surface area contributed by atoms with Crippen LogP contribution in [0.4, 0.5) is 17.6 Å². The first kappa shape index (κ1) is 14.2.